The molecule has 1 heterocycles. The number of hydrogen-bond acceptors (Lipinski definition) is 0. The van der Waals surface area contributed by atoms with Crippen molar-refractivity contribution >= 4 is 0 Å². The minimum atomic E-state index is -2.21. The largest absolute Gasteiger partial charge is 0.212 e. The summed E-state index contributed by atoms with van der Waals surface area (Å²) in [5, 5.41) is 0. The van der Waals surface area contributed by atoms with Gasteiger partial charge >= 0.3 is 0 Å². The molecule has 0 N–H and O–H groups in total. The summed E-state index contributed by atoms with van der Waals surface area (Å²) in [6.07, 6.45) is 0. The summed E-state index contributed by atoms with van der Waals surface area (Å²) >= 11 is 0. The summed E-state index contributed by atoms with van der Waals surface area (Å²) < 4.78 is 47.2. The van der Waals surface area contributed by atoms with Gasteiger partial charge in [0.25, 0.3) is 0 Å². The second-order valence-corrected chi connectivity index (χ2v) is 4.39. The smallest absolute Gasteiger partial charge is 0.199 e. The van der Waals surface area contributed by atoms with E-state index in [4.69, 9.17) is 8.22 Å². The number of hydrogen-bond donors (Lipinski definition) is 0. The fourth-order valence-corrected chi connectivity index (χ4v) is 2.01. The zero-order valence-electron chi connectivity index (χ0n) is 16.3. The maximum Gasteiger partial charge on any atom is 0.212 e. The Labute approximate surface area is 112 Å². The zero-order chi connectivity index (χ0) is 17.6. The fourth-order valence-electron chi connectivity index (χ4n) is 2.01. The molecule has 0 atom stereocenters. The lowest BCUT2D eigenvalue weighted by molar-refractivity contribution is -0.666. The molecule has 1 heteroatoms. The van der Waals surface area contributed by atoms with E-state index in [1.165, 1.54) is 0 Å². The van der Waals surface area contributed by atoms with Gasteiger partial charge in [-0.25, -0.2) is 0 Å². The van der Waals surface area contributed by atoms with Gasteiger partial charge in [0, 0.05) is 32.8 Å². The topological polar surface area (TPSA) is 3.88 Å². The van der Waals surface area contributed by atoms with E-state index < -0.39 is 13.7 Å². The van der Waals surface area contributed by atoms with Crippen LogP contribution in [0.15, 0.2) is 30.3 Å². The first-order valence-electron chi connectivity index (χ1n) is 8.54. The quantitative estimate of drug-likeness (QED) is 0.663. The number of benzene rings is 1. The molecule has 0 fully saturated rings. The van der Waals surface area contributed by atoms with Gasteiger partial charge in [-0.2, -0.15) is 4.57 Å². The van der Waals surface area contributed by atoms with Gasteiger partial charge in [0.15, 0.2) is 5.69 Å². The summed E-state index contributed by atoms with van der Waals surface area (Å²) in [6.45, 7) is -0.670. The first-order chi connectivity index (χ1) is 10.4. The van der Waals surface area contributed by atoms with Crippen LogP contribution in [0.4, 0.5) is 0 Å². The molecule has 0 aliphatic rings. The monoisotopic (exact) mass is 232 g/mol. The van der Waals surface area contributed by atoms with Gasteiger partial charge in [0.05, 0.1) is 0 Å². The van der Waals surface area contributed by atoms with Crippen LogP contribution in [0.1, 0.15) is 30.6 Å². The Balaban J connectivity index is 2.66. The average Bonchev–Trinajstić information content (AvgIpc) is 2.39. The van der Waals surface area contributed by atoms with Crippen LogP contribution in [-0.4, -0.2) is 0 Å². The third-order valence-corrected chi connectivity index (χ3v) is 2.95. The molecule has 0 spiro atoms. The standard InChI is InChI=1S/C16H20N/c1-11-6-7-15(13(3)8-11)16-10-12(2)9-14(4)17(16)5/h6-10H,1-5H3/q+1/i1D3,4D3. The first-order valence-corrected chi connectivity index (χ1v) is 5.54. The number of nitrogens with zero attached hydrogens (tertiary/aromatic N) is 1. The molecule has 0 aliphatic heterocycles. The fraction of sp³-hybridized carbons (Fsp3) is 0.312. The van der Waals surface area contributed by atoms with Crippen molar-refractivity contribution in [2.75, 3.05) is 0 Å². The van der Waals surface area contributed by atoms with Crippen molar-refractivity contribution in [2.45, 2.75) is 27.6 Å². The molecule has 2 aromatic rings. The minimum Gasteiger partial charge on any atom is -0.199 e. The van der Waals surface area contributed by atoms with E-state index in [0.717, 1.165) is 22.4 Å². The summed E-state index contributed by atoms with van der Waals surface area (Å²) in [6, 6.07) is 8.52. The highest BCUT2D eigenvalue weighted by Gasteiger charge is 2.14. The lowest BCUT2D eigenvalue weighted by Crippen LogP contribution is -2.35. The van der Waals surface area contributed by atoms with Crippen LogP contribution in [0.3, 0.4) is 0 Å². The second-order valence-electron chi connectivity index (χ2n) is 4.39. The lowest BCUT2D eigenvalue weighted by Gasteiger charge is -2.08. The number of rotatable bonds is 1. The maximum absolute atomic E-state index is 7.68. The molecule has 17 heavy (non-hydrogen) atoms. The maximum atomic E-state index is 7.68. The number of pyridine rings is 1. The van der Waals surface area contributed by atoms with Crippen LogP contribution in [0.2, 0.25) is 0 Å². The van der Waals surface area contributed by atoms with E-state index in [0.29, 0.717) is 0 Å². The Morgan fingerprint density at radius 2 is 1.82 bits per heavy atom. The molecule has 0 unspecified atom stereocenters. The van der Waals surface area contributed by atoms with Crippen molar-refractivity contribution in [1.29, 1.82) is 0 Å². The minimum absolute atomic E-state index is 0.256. The van der Waals surface area contributed by atoms with Crippen LogP contribution in [0, 0.1) is 27.6 Å². The highest BCUT2D eigenvalue weighted by Crippen LogP contribution is 2.22. The summed E-state index contributed by atoms with van der Waals surface area (Å²) in [5.74, 6) is 0. The Bertz CT molecular complexity index is 743. The Kier molecular flexibility index (Phi) is 1.61. The van der Waals surface area contributed by atoms with Crippen molar-refractivity contribution < 1.29 is 12.8 Å². The normalized spacial score (nSPS) is 17.4. The van der Waals surface area contributed by atoms with Gasteiger partial charge < -0.3 is 0 Å². The molecular formula is C16H20N+. The van der Waals surface area contributed by atoms with Crippen LogP contribution < -0.4 is 4.57 Å². The predicted octanol–water partition coefficient (Wildman–Crippen LogP) is 3.41. The van der Waals surface area contributed by atoms with Crippen LogP contribution >= 0.6 is 0 Å². The molecule has 1 nitrogen and oxygen atoms in total. The lowest BCUT2D eigenvalue weighted by atomic mass is 10.0. The molecule has 1 aromatic heterocycles. The third kappa shape index (κ3) is 2.23. The van der Waals surface area contributed by atoms with Crippen molar-refractivity contribution in [3.8, 4) is 11.3 Å². The van der Waals surface area contributed by atoms with Gasteiger partial charge in [-0.1, -0.05) is 17.7 Å². The van der Waals surface area contributed by atoms with E-state index in [2.05, 4.69) is 0 Å². The van der Waals surface area contributed by atoms with Crippen molar-refractivity contribution in [3.05, 3.63) is 52.7 Å². The van der Waals surface area contributed by atoms with E-state index >= 15 is 0 Å². The Morgan fingerprint density at radius 3 is 2.47 bits per heavy atom. The molecule has 88 valence electrons. The van der Waals surface area contributed by atoms with Gasteiger partial charge in [-0.3, -0.25) is 0 Å². The average molecular weight is 232 g/mol. The number of aryl methyl sites for hydroxylation is 4. The highest BCUT2D eigenvalue weighted by atomic mass is 14.9. The van der Waals surface area contributed by atoms with E-state index in [1.54, 1.807) is 35.9 Å². The van der Waals surface area contributed by atoms with Gasteiger partial charge in [0.1, 0.15) is 7.05 Å². The van der Waals surface area contributed by atoms with Gasteiger partial charge in [-0.15, -0.1) is 0 Å². The van der Waals surface area contributed by atoms with E-state index in [9.17, 15) is 0 Å². The summed E-state index contributed by atoms with van der Waals surface area (Å²) in [4.78, 5) is 0. The van der Waals surface area contributed by atoms with Crippen LogP contribution in [-0.2, 0) is 7.05 Å². The molecule has 0 saturated carbocycles. The molecule has 0 radical (unpaired) electrons. The molecule has 2 rings (SSSR count). The third-order valence-electron chi connectivity index (χ3n) is 2.95. The zero-order valence-corrected chi connectivity index (χ0v) is 10.3. The van der Waals surface area contributed by atoms with E-state index in [1.807, 2.05) is 19.9 Å². The second kappa shape index (κ2) is 4.33. The molecule has 0 amide bonds. The summed E-state index contributed by atoms with van der Waals surface area (Å²) in [5.41, 5.74) is 3.78. The summed E-state index contributed by atoms with van der Waals surface area (Å²) in [7, 11) is 1.72. The predicted molar refractivity (Wildman–Crippen MR) is 72.0 cm³/mol. The van der Waals surface area contributed by atoms with Crippen molar-refractivity contribution in [3.63, 3.8) is 0 Å². The highest BCUT2D eigenvalue weighted by molar-refractivity contribution is 5.62. The molecule has 1 aromatic carbocycles. The SMILES string of the molecule is [2H]C([2H])([2H])c1ccc(-c2cc(C)cc(C([2H])([2H])[2H])[n+]2C)c(C)c1. The molecular weight excluding hydrogens is 206 g/mol. The molecule has 0 bridgehead atoms. The van der Waals surface area contributed by atoms with Crippen LogP contribution in [0.5, 0.6) is 0 Å². The number of aromatic nitrogens is 1. The van der Waals surface area contributed by atoms with Gasteiger partial charge in [0.2, 0.25) is 5.69 Å². The van der Waals surface area contributed by atoms with E-state index in [-0.39, 0.29) is 11.3 Å². The van der Waals surface area contributed by atoms with Crippen molar-refractivity contribution in [2.24, 2.45) is 7.05 Å². The first kappa shape index (κ1) is 6.34. The Hall–Kier alpha value is -1.63. The molecule has 0 saturated heterocycles. The van der Waals surface area contributed by atoms with Crippen molar-refractivity contribution in [1.82, 2.24) is 0 Å². The van der Waals surface area contributed by atoms with Crippen LogP contribution in [0.25, 0.3) is 11.3 Å². The molecule has 0 aliphatic carbocycles. The van der Waals surface area contributed by atoms with Gasteiger partial charge in [-0.05, 0) is 37.9 Å². The Morgan fingerprint density at radius 1 is 1.00 bits per heavy atom.